The third-order valence-electron chi connectivity index (χ3n) is 1.88. The zero-order chi connectivity index (χ0) is 12.2. The van der Waals surface area contributed by atoms with Gasteiger partial charge in [0, 0.05) is 26.3 Å². The van der Waals surface area contributed by atoms with Crippen LogP contribution in [0.1, 0.15) is 13.8 Å². The first-order valence-electron chi connectivity index (χ1n) is 5.44. The van der Waals surface area contributed by atoms with Crippen molar-refractivity contribution >= 4 is 8.25 Å². The summed E-state index contributed by atoms with van der Waals surface area (Å²) in [4.78, 5) is 10.5. The maximum absolute atomic E-state index is 10.4. The van der Waals surface area contributed by atoms with E-state index in [4.69, 9.17) is 14.4 Å². The zero-order valence-electron chi connectivity index (χ0n) is 9.98. The number of rotatable bonds is 11. The van der Waals surface area contributed by atoms with Crippen LogP contribution >= 0.6 is 8.25 Å². The molecule has 0 fully saturated rings. The van der Waals surface area contributed by atoms with E-state index in [1.54, 1.807) is 0 Å². The van der Waals surface area contributed by atoms with Gasteiger partial charge in [-0.25, -0.2) is 0 Å². The van der Waals surface area contributed by atoms with Crippen LogP contribution in [0.2, 0.25) is 0 Å². The second kappa shape index (κ2) is 11.5. The molecule has 0 aliphatic rings. The third kappa shape index (κ3) is 10.5. The van der Waals surface area contributed by atoms with Crippen LogP contribution in [0.25, 0.3) is 0 Å². The Bertz CT molecular complexity index is 171. The topological polar surface area (TPSA) is 68.2 Å². The molecule has 0 aliphatic heterocycles. The predicted octanol–water partition coefficient (Wildman–Crippen LogP) is 0.717. The fourth-order valence-corrected chi connectivity index (χ4v) is 1.36. The summed E-state index contributed by atoms with van der Waals surface area (Å²) in [5, 5.41) is 0. The van der Waals surface area contributed by atoms with Gasteiger partial charge in [0.25, 0.3) is 0 Å². The molecule has 1 atom stereocenters. The van der Waals surface area contributed by atoms with E-state index in [0.29, 0.717) is 39.5 Å². The Morgan fingerprint density at radius 1 is 1.12 bits per heavy atom. The van der Waals surface area contributed by atoms with Crippen LogP contribution in [0.5, 0.6) is 0 Å². The molecule has 0 spiro atoms. The molecule has 0 saturated carbocycles. The highest BCUT2D eigenvalue weighted by Crippen LogP contribution is 2.14. The summed E-state index contributed by atoms with van der Waals surface area (Å²) in [6.45, 7) is 7.80. The van der Waals surface area contributed by atoms with Crippen LogP contribution < -0.4 is 0 Å². The number of ether oxygens (including phenoxy) is 2. The maximum atomic E-state index is 10.4. The Balaban J connectivity index is 3.71. The second-order valence-electron chi connectivity index (χ2n) is 3.05. The second-order valence-corrected chi connectivity index (χ2v) is 3.87. The SMILES string of the molecule is CCOCCN(CCOCC)CO[PH](=O)O. The first-order valence-corrected chi connectivity index (χ1v) is 6.70. The first-order chi connectivity index (χ1) is 7.70. The average molecular weight is 255 g/mol. The summed E-state index contributed by atoms with van der Waals surface area (Å²) in [7, 11) is -2.86. The Kier molecular flexibility index (Phi) is 11.5. The van der Waals surface area contributed by atoms with Crippen LogP contribution in [-0.2, 0) is 18.6 Å². The highest BCUT2D eigenvalue weighted by molar-refractivity contribution is 7.32. The lowest BCUT2D eigenvalue weighted by molar-refractivity contribution is 0.0448. The molecule has 1 N–H and O–H groups in total. The fourth-order valence-electron chi connectivity index (χ4n) is 1.06. The highest BCUT2D eigenvalue weighted by Gasteiger charge is 2.06. The maximum Gasteiger partial charge on any atom is 0.317 e. The minimum Gasteiger partial charge on any atom is -0.380 e. The molecule has 0 rings (SSSR count). The van der Waals surface area contributed by atoms with Gasteiger partial charge >= 0.3 is 8.25 Å². The van der Waals surface area contributed by atoms with Gasteiger partial charge in [-0.3, -0.25) is 14.0 Å². The molecular weight excluding hydrogens is 233 g/mol. The minimum absolute atomic E-state index is 0.133. The minimum atomic E-state index is -2.86. The van der Waals surface area contributed by atoms with Gasteiger partial charge in [0.05, 0.1) is 13.2 Å². The molecule has 1 unspecified atom stereocenters. The molecule has 98 valence electrons. The normalized spacial score (nSPS) is 13.2. The van der Waals surface area contributed by atoms with Gasteiger partial charge in [-0.1, -0.05) is 0 Å². The van der Waals surface area contributed by atoms with Crippen molar-refractivity contribution in [1.82, 2.24) is 4.90 Å². The van der Waals surface area contributed by atoms with Crippen molar-refractivity contribution in [3.8, 4) is 0 Å². The smallest absolute Gasteiger partial charge is 0.317 e. The number of nitrogens with zero attached hydrogens (tertiary/aromatic N) is 1. The molecule has 0 aromatic heterocycles. The van der Waals surface area contributed by atoms with E-state index in [9.17, 15) is 4.57 Å². The average Bonchev–Trinajstić information content (AvgIpc) is 2.25. The van der Waals surface area contributed by atoms with Gasteiger partial charge in [0.2, 0.25) is 0 Å². The molecule has 6 nitrogen and oxygen atoms in total. The van der Waals surface area contributed by atoms with Gasteiger partial charge in [-0.2, -0.15) is 0 Å². The summed E-state index contributed by atoms with van der Waals surface area (Å²) >= 11 is 0. The first kappa shape index (κ1) is 16.0. The largest absolute Gasteiger partial charge is 0.380 e. The number of hydrogen-bond donors (Lipinski definition) is 1. The van der Waals surface area contributed by atoms with Crippen molar-refractivity contribution in [3.63, 3.8) is 0 Å². The summed E-state index contributed by atoms with van der Waals surface area (Å²) in [6, 6.07) is 0. The van der Waals surface area contributed by atoms with E-state index < -0.39 is 8.25 Å². The predicted molar refractivity (Wildman–Crippen MR) is 61.7 cm³/mol. The van der Waals surface area contributed by atoms with E-state index in [0.717, 1.165) is 0 Å². The van der Waals surface area contributed by atoms with E-state index in [1.807, 2.05) is 18.7 Å². The monoisotopic (exact) mass is 255 g/mol. The number of hydrogen-bond acceptors (Lipinski definition) is 5. The van der Waals surface area contributed by atoms with E-state index in [2.05, 4.69) is 4.52 Å². The molecule has 0 aromatic carbocycles. The molecule has 16 heavy (non-hydrogen) atoms. The zero-order valence-corrected chi connectivity index (χ0v) is 11.0. The van der Waals surface area contributed by atoms with Crippen molar-refractivity contribution in [1.29, 1.82) is 0 Å². The van der Waals surface area contributed by atoms with Crippen LogP contribution in [0.4, 0.5) is 0 Å². The Labute approximate surface area is 97.4 Å². The Hall–Kier alpha value is 0.0300. The van der Waals surface area contributed by atoms with Crippen molar-refractivity contribution in [2.24, 2.45) is 0 Å². The Morgan fingerprint density at radius 3 is 2.00 bits per heavy atom. The molecular formula is C9H22NO5P. The summed E-state index contributed by atoms with van der Waals surface area (Å²) in [5.74, 6) is 0. The van der Waals surface area contributed by atoms with Gasteiger partial charge < -0.3 is 14.4 Å². The van der Waals surface area contributed by atoms with Crippen molar-refractivity contribution in [2.45, 2.75) is 13.8 Å². The third-order valence-corrected chi connectivity index (χ3v) is 2.26. The molecule has 0 saturated heterocycles. The van der Waals surface area contributed by atoms with Crippen LogP contribution in [0.3, 0.4) is 0 Å². The fraction of sp³-hybridized carbons (Fsp3) is 1.00. The van der Waals surface area contributed by atoms with Crippen molar-refractivity contribution in [3.05, 3.63) is 0 Å². The van der Waals surface area contributed by atoms with Gasteiger partial charge in [0.15, 0.2) is 0 Å². The molecule has 0 aromatic rings. The van der Waals surface area contributed by atoms with Gasteiger partial charge in [-0.15, -0.1) is 0 Å². The summed E-state index contributed by atoms with van der Waals surface area (Å²) in [5.41, 5.74) is 0. The lowest BCUT2D eigenvalue weighted by Gasteiger charge is -2.20. The van der Waals surface area contributed by atoms with E-state index in [1.165, 1.54) is 0 Å². The molecule has 0 bridgehead atoms. The van der Waals surface area contributed by atoms with Crippen molar-refractivity contribution in [2.75, 3.05) is 46.2 Å². The highest BCUT2D eigenvalue weighted by atomic mass is 31.1. The molecule has 0 radical (unpaired) electrons. The van der Waals surface area contributed by atoms with Crippen LogP contribution in [-0.4, -0.2) is 56.0 Å². The molecule has 7 heteroatoms. The van der Waals surface area contributed by atoms with E-state index >= 15 is 0 Å². The lowest BCUT2D eigenvalue weighted by Crippen LogP contribution is -2.32. The molecule has 0 heterocycles. The lowest BCUT2D eigenvalue weighted by atomic mass is 10.5. The summed E-state index contributed by atoms with van der Waals surface area (Å²) in [6.07, 6.45) is 0. The molecule has 0 aliphatic carbocycles. The Morgan fingerprint density at radius 2 is 1.62 bits per heavy atom. The van der Waals surface area contributed by atoms with E-state index in [-0.39, 0.29) is 6.73 Å². The summed E-state index contributed by atoms with van der Waals surface area (Å²) < 4.78 is 25.5. The van der Waals surface area contributed by atoms with Gasteiger partial charge in [0.1, 0.15) is 6.73 Å². The van der Waals surface area contributed by atoms with Crippen LogP contribution in [0.15, 0.2) is 0 Å². The quantitative estimate of drug-likeness (QED) is 0.333. The van der Waals surface area contributed by atoms with Gasteiger partial charge in [-0.05, 0) is 13.8 Å². The van der Waals surface area contributed by atoms with Crippen molar-refractivity contribution < 1.29 is 23.5 Å². The molecule has 0 amide bonds. The van der Waals surface area contributed by atoms with Crippen LogP contribution in [0, 0.1) is 0 Å². The standard InChI is InChI=1S/C9H22NO5P/c1-3-13-7-5-10(6-8-14-4-2)9-15-16(11)12/h16H,3-9H2,1-2H3,(H,11,12).